The van der Waals surface area contributed by atoms with Gasteiger partial charge in [-0.2, -0.15) is 0 Å². The van der Waals surface area contributed by atoms with E-state index in [-0.39, 0.29) is 22.2 Å². The van der Waals surface area contributed by atoms with Gasteiger partial charge in [-0.05, 0) is 88.4 Å². The molecule has 1 aromatic heterocycles. The number of benzene rings is 2. The van der Waals surface area contributed by atoms with E-state index in [0.29, 0.717) is 17.7 Å². The van der Waals surface area contributed by atoms with Crippen LogP contribution >= 0.6 is 0 Å². The highest BCUT2D eigenvalue weighted by molar-refractivity contribution is 7.92. The van der Waals surface area contributed by atoms with Gasteiger partial charge in [-0.25, -0.2) is 23.0 Å². The summed E-state index contributed by atoms with van der Waals surface area (Å²) in [6.07, 6.45) is 0.0120. The molecule has 2 aromatic carbocycles. The average Bonchev–Trinajstić information content (AvgIpc) is 2.89. The molecule has 1 unspecified atom stereocenters. The summed E-state index contributed by atoms with van der Waals surface area (Å²) >= 11 is 0. The van der Waals surface area contributed by atoms with Gasteiger partial charge in [-0.15, -0.1) is 0 Å². The molecular weight excluding hydrogens is 566 g/mol. The van der Waals surface area contributed by atoms with E-state index in [0.717, 1.165) is 16.7 Å². The number of carbonyl (C=O) groups is 2. The second kappa shape index (κ2) is 13.7. The lowest BCUT2D eigenvalue weighted by molar-refractivity contribution is 0.0511. The molecular formula is C33H39N3O6S. The second-order valence-electron chi connectivity index (χ2n) is 11.6. The first kappa shape index (κ1) is 33.1. The number of esters is 1. The Morgan fingerprint density at radius 2 is 1.65 bits per heavy atom. The number of amides is 1. The van der Waals surface area contributed by atoms with Crippen molar-refractivity contribution >= 4 is 27.9 Å². The molecule has 1 atom stereocenters. The van der Waals surface area contributed by atoms with Crippen LogP contribution in [0.1, 0.15) is 68.1 Å². The molecule has 0 bridgehead atoms. The minimum Gasteiger partial charge on any atom is -0.465 e. The van der Waals surface area contributed by atoms with Gasteiger partial charge in [0.25, 0.3) is 10.0 Å². The number of hydrogen-bond acceptors (Lipinski definition) is 7. The van der Waals surface area contributed by atoms with Crippen LogP contribution in [0.2, 0.25) is 0 Å². The van der Waals surface area contributed by atoms with Crippen molar-refractivity contribution in [3.05, 3.63) is 76.9 Å². The number of aryl methyl sites for hydroxylation is 2. The van der Waals surface area contributed by atoms with Gasteiger partial charge in [0.2, 0.25) is 0 Å². The predicted octanol–water partition coefficient (Wildman–Crippen LogP) is 6.24. The number of ether oxygens (including phenoxy) is 2. The molecule has 3 aromatic rings. The Bertz CT molecular complexity index is 1640. The molecule has 0 saturated carbocycles. The normalized spacial score (nSPS) is 12.1. The SMILES string of the molecule is COC(=O)c1cccc(S(=O)(=O)Nc2cc(C#CC(CC(C)C)NC(=O)OC(C)(C)C)cc(-c3c(C)cccc3C)n2)c1. The first-order valence-electron chi connectivity index (χ1n) is 13.9. The summed E-state index contributed by atoms with van der Waals surface area (Å²) in [5, 5.41) is 2.83. The predicted molar refractivity (Wildman–Crippen MR) is 167 cm³/mol. The zero-order valence-electron chi connectivity index (χ0n) is 25.9. The number of aromatic nitrogens is 1. The Morgan fingerprint density at radius 3 is 2.26 bits per heavy atom. The minimum absolute atomic E-state index is 0.0495. The van der Waals surface area contributed by atoms with Crippen molar-refractivity contribution in [3.8, 4) is 23.1 Å². The molecule has 0 aliphatic carbocycles. The summed E-state index contributed by atoms with van der Waals surface area (Å²) in [6, 6.07) is 14.2. The molecule has 9 nitrogen and oxygen atoms in total. The molecule has 0 fully saturated rings. The van der Waals surface area contributed by atoms with Crippen LogP contribution in [-0.4, -0.2) is 44.2 Å². The van der Waals surface area contributed by atoms with Crippen LogP contribution < -0.4 is 10.0 Å². The second-order valence-corrected chi connectivity index (χ2v) is 13.3. The van der Waals surface area contributed by atoms with Crippen LogP contribution in [0.25, 0.3) is 11.3 Å². The zero-order chi connectivity index (χ0) is 31.9. The maximum absolute atomic E-state index is 13.4. The summed E-state index contributed by atoms with van der Waals surface area (Å²) in [5.74, 6) is 5.86. The third kappa shape index (κ3) is 9.58. The lowest BCUT2D eigenvalue weighted by Crippen LogP contribution is -2.39. The Hall–Kier alpha value is -4.36. The number of sulfonamides is 1. The van der Waals surface area contributed by atoms with Crippen LogP contribution in [0, 0.1) is 31.6 Å². The van der Waals surface area contributed by atoms with Crippen molar-refractivity contribution < 1.29 is 27.5 Å². The highest BCUT2D eigenvalue weighted by Gasteiger charge is 2.21. The summed E-state index contributed by atoms with van der Waals surface area (Å²) in [4.78, 5) is 29.0. The van der Waals surface area contributed by atoms with Gasteiger partial charge < -0.3 is 14.8 Å². The molecule has 228 valence electrons. The number of nitrogens with zero attached hydrogens (tertiary/aromatic N) is 1. The van der Waals surface area contributed by atoms with E-state index in [2.05, 4.69) is 26.9 Å². The molecule has 0 aliphatic heterocycles. The van der Waals surface area contributed by atoms with Crippen molar-refractivity contribution in [2.75, 3.05) is 11.8 Å². The fourth-order valence-electron chi connectivity index (χ4n) is 4.35. The molecule has 0 spiro atoms. The number of rotatable bonds is 8. The fraction of sp³-hybridized carbons (Fsp3) is 0.364. The lowest BCUT2D eigenvalue weighted by Gasteiger charge is -2.22. The Kier molecular flexibility index (Phi) is 10.6. The first-order chi connectivity index (χ1) is 20.1. The molecule has 0 radical (unpaired) electrons. The van der Waals surface area contributed by atoms with Crippen molar-refractivity contribution in [3.63, 3.8) is 0 Å². The first-order valence-corrected chi connectivity index (χ1v) is 15.4. The zero-order valence-corrected chi connectivity index (χ0v) is 26.7. The minimum atomic E-state index is -4.14. The highest BCUT2D eigenvalue weighted by atomic mass is 32.2. The van der Waals surface area contributed by atoms with Gasteiger partial charge in [0.1, 0.15) is 11.4 Å². The van der Waals surface area contributed by atoms with Gasteiger partial charge >= 0.3 is 12.1 Å². The van der Waals surface area contributed by atoms with E-state index in [1.165, 1.54) is 37.4 Å². The van der Waals surface area contributed by atoms with Gasteiger partial charge in [-0.1, -0.05) is 50.0 Å². The number of anilines is 1. The van der Waals surface area contributed by atoms with Crippen LogP contribution in [-0.2, 0) is 19.5 Å². The van der Waals surface area contributed by atoms with E-state index in [9.17, 15) is 18.0 Å². The summed E-state index contributed by atoms with van der Waals surface area (Å²) in [5.41, 5.74) is 3.24. The summed E-state index contributed by atoms with van der Waals surface area (Å²) in [6.45, 7) is 13.3. The maximum atomic E-state index is 13.4. The number of hydrogen-bond donors (Lipinski definition) is 2. The summed E-state index contributed by atoms with van der Waals surface area (Å²) < 4.78 is 39.4. The molecule has 10 heteroatoms. The van der Waals surface area contributed by atoms with E-state index in [4.69, 9.17) is 9.47 Å². The standard InChI is InChI=1S/C33H39N3O6S/c1-21(2)17-26(34-32(38)42-33(5,6)7)16-15-24-18-28(30-22(3)11-9-12-23(30)4)35-29(19-24)36-43(39,40)27-14-10-13-25(20-27)31(37)41-8/h9-14,18-21,26H,17H2,1-8H3,(H,34,38)(H,35,36). The molecule has 0 saturated heterocycles. The summed E-state index contributed by atoms with van der Waals surface area (Å²) in [7, 11) is -2.91. The molecule has 43 heavy (non-hydrogen) atoms. The Balaban J connectivity index is 2.08. The molecule has 2 N–H and O–H groups in total. The monoisotopic (exact) mass is 605 g/mol. The maximum Gasteiger partial charge on any atom is 0.408 e. The van der Waals surface area contributed by atoms with Crippen LogP contribution in [0.5, 0.6) is 0 Å². The van der Waals surface area contributed by atoms with E-state index < -0.39 is 33.7 Å². The fourth-order valence-corrected chi connectivity index (χ4v) is 5.39. The highest BCUT2D eigenvalue weighted by Crippen LogP contribution is 2.28. The van der Waals surface area contributed by atoms with Gasteiger partial charge in [-0.3, -0.25) is 4.72 Å². The smallest absolute Gasteiger partial charge is 0.408 e. The third-order valence-corrected chi connectivity index (χ3v) is 7.51. The van der Waals surface area contributed by atoms with E-state index in [1.54, 1.807) is 26.8 Å². The number of nitrogens with one attached hydrogen (secondary N) is 2. The van der Waals surface area contributed by atoms with Crippen molar-refractivity contribution in [1.82, 2.24) is 10.3 Å². The van der Waals surface area contributed by atoms with Crippen LogP contribution in [0.4, 0.5) is 10.6 Å². The van der Waals surface area contributed by atoms with Crippen LogP contribution in [0.3, 0.4) is 0 Å². The van der Waals surface area contributed by atoms with Crippen LogP contribution in [0.15, 0.2) is 59.5 Å². The number of alkyl carbamates (subject to hydrolysis) is 1. The number of methoxy groups -OCH3 is 1. The van der Waals surface area contributed by atoms with E-state index in [1.807, 2.05) is 45.9 Å². The quantitative estimate of drug-likeness (QED) is 0.230. The van der Waals surface area contributed by atoms with E-state index >= 15 is 0 Å². The van der Waals surface area contributed by atoms with Crippen molar-refractivity contribution in [2.24, 2.45) is 5.92 Å². The Morgan fingerprint density at radius 1 is 1.00 bits per heavy atom. The Labute approximate surface area is 254 Å². The molecule has 3 rings (SSSR count). The molecule has 1 amide bonds. The topological polar surface area (TPSA) is 124 Å². The molecule has 1 heterocycles. The molecule has 0 aliphatic rings. The van der Waals surface area contributed by atoms with Gasteiger partial charge in [0.15, 0.2) is 0 Å². The number of carbonyl (C=O) groups excluding carboxylic acids is 2. The third-order valence-electron chi connectivity index (χ3n) is 6.16. The lowest BCUT2D eigenvalue weighted by atomic mass is 9.98. The number of pyridine rings is 1. The van der Waals surface area contributed by atoms with Crippen molar-refractivity contribution in [2.45, 2.75) is 71.4 Å². The average molecular weight is 606 g/mol. The van der Waals surface area contributed by atoms with Gasteiger partial charge in [0, 0.05) is 11.1 Å². The largest absolute Gasteiger partial charge is 0.465 e. The van der Waals surface area contributed by atoms with Gasteiger partial charge in [0.05, 0.1) is 29.3 Å². The van der Waals surface area contributed by atoms with Crippen molar-refractivity contribution in [1.29, 1.82) is 0 Å².